The Hall–Kier alpha value is -4.05. The third-order valence-corrected chi connectivity index (χ3v) is 5.75. The lowest BCUT2D eigenvalue weighted by molar-refractivity contribution is -0.134. The summed E-state index contributed by atoms with van der Waals surface area (Å²) >= 11 is 0. The first-order valence-corrected chi connectivity index (χ1v) is 10.9. The Morgan fingerprint density at radius 1 is 0.889 bits per heavy atom. The minimum atomic E-state index is -1.26. The Kier molecular flexibility index (Phi) is 11.4. The summed E-state index contributed by atoms with van der Waals surface area (Å²) in [5.74, 6) is -2.45. The molecule has 0 spiro atoms. The number of aromatic carboxylic acids is 1. The molecule has 36 heavy (non-hydrogen) atoms. The molecule has 0 bridgehead atoms. The quantitative estimate of drug-likeness (QED) is 0.390. The molecular formula is C26H33NO9. The first kappa shape index (κ1) is 30.0. The number of benzene rings is 2. The van der Waals surface area contributed by atoms with Gasteiger partial charge in [0.15, 0.2) is 11.5 Å². The summed E-state index contributed by atoms with van der Waals surface area (Å²) in [7, 11) is 8.51. The molecule has 0 aliphatic heterocycles. The lowest BCUT2D eigenvalue weighted by Crippen LogP contribution is -2.43. The van der Waals surface area contributed by atoms with E-state index in [1.165, 1.54) is 27.4 Å². The molecule has 2 aromatic carbocycles. The van der Waals surface area contributed by atoms with Crippen molar-refractivity contribution in [1.29, 1.82) is 0 Å². The molecule has 10 nitrogen and oxygen atoms in total. The summed E-state index contributed by atoms with van der Waals surface area (Å²) in [6.45, 7) is 2.10. The van der Waals surface area contributed by atoms with Gasteiger partial charge in [-0.05, 0) is 38.6 Å². The molecule has 2 aromatic rings. The van der Waals surface area contributed by atoms with Crippen molar-refractivity contribution < 1.29 is 43.9 Å². The fourth-order valence-electron chi connectivity index (χ4n) is 3.93. The van der Waals surface area contributed by atoms with E-state index in [0.717, 1.165) is 12.0 Å². The number of ether oxygens (including phenoxy) is 3. The number of likely N-dealkylation sites (N-methyl/N-ethyl adjacent to an activating group) is 1. The lowest BCUT2D eigenvalue weighted by atomic mass is 9.79. The molecule has 1 unspecified atom stereocenters. The van der Waals surface area contributed by atoms with Crippen LogP contribution in [0.3, 0.4) is 0 Å². The number of hydrogen-bond acceptors (Lipinski definition) is 7. The maximum absolute atomic E-state index is 12.1. The highest BCUT2D eigenvalue weighted by molar-refractivity contribution is 5.92. The van der Waals surface area contributed by atoms with E-state index in [4.69, 9.17) is 24.4 Å². The number of aliphatic carboxylic acids is 2. The summed E-state index contributed by atoms with van der Waals surface area (Å²) in [5, 5.41) is 25.5. The van der Waals surface area contributed by atoms with Gasteiger partial charge in [-0.1, -0.05) is 37.3 Å². The highest BCUT2D eigenvalue weighted by Crippen LogP contribution is 2.45. The van der Waals surface area contributed by atoms with Gasteiger partial charge in [0.05, 0.1) is 26.9 Å². The van der Waals surface area contributed by atoms with Gasteiger partial charge in [0.2, 0.25) is 5.75 Å². The van der Waals surface area contributed by atoms with Crippen LogP contribution in [0, 0.1) is 0 Å². The Balaban J connectivity index is 0.000000697. The van der Waals surface area contributed by atoms with Gasteiger partial charge in [0.25, 0.3) is 0 Å². The molecule has 1 atom stereocenters. The second-order valence-electron chi connectivity index (χ2n) is 7.81. The molecule has 10 heteroatoms. The van der Waals surface area contributed by atoms with Crippen LogP contribution in [0.15, 0.2) is 48.6 Å². The number of carboxylic acid groups (broad SMARTS) is 3. The number of carboxylic acids is 3. The van der Waals surface area contributed by atoms with Gasteiger partial charge >= 0.3 is 17.9 Å². The van der Waals surface area contributed by atoms with Gasteiger partial charge in [0, 0.05) is 23.3 Å². The minimum absolute atomic E-state index is 0.144. The number of methoxy groups -OCH3 is 3. The van der Waals surface area contributed by atoms with E-state index >= 15 is 0 Å². The van der Waals surface area contributed by atoms with Crippen LogP contribution in [0.2, 0.25) is 0 Å². The van der Waals surface area contributed by atoms with Gasteiger partial charge < -0.3 is 29.5 Å². The van der Waals surface area contributed by atoms with Crippen LogP contribution in [-0.2, 0) is 21.5 Å². The van der Waals surface area contributed by atoms with Crippen molar-refractivity contribution in [3.8, 4) is 17.2 Å². The van der Waals surface area contributed by atoms with E-state index in [-0.39, 0.29) is 5.56 Å². The number of rotatable bonds is 11. The monoisotopic (exact) mass is 503 g/mol. The van der Waals surface area contributed by atoms with Gasteiger partial charge in [-0.25, -0.2) is 14.4 Å². The van der Waals surface area contributed by atoms with Crippen LogP contribution < -0.4 is 14.2 Å². The second-order valence-corrected chi connectivity index (χ2v) is 7.81. The van der Waals surface area contributed by atoms with Crippen molar-refractivity contribution in [3.63, 3.8) is 0 Å². The van der Waals surface area contributed by atoms with Crippen molar-refractivity contribution >= 4 is 17.9 Å². The van der Waals surface area contributed by atoms with Crippen molar-refractivity contribution in [3.05, 3.63) is 65.2 Å². The molecule has 196 valence electrons. The SMILES string of the molecule is CCC(Cc1c(C(=O)O)cc(OC)c(OC)c1OC)(c1ccccc1)N(C)C.O=C(O)/C=C\C(=O)O. The van der Waals surface area contributed by atoms with Gasteiger partial charge in [-0.2, -0.15) is 0 Å². The largest absolute Gasteiger partial charge is 0.493 e. The number of carbonyl (C=O) groups is 3. The minimum Gasteiger partial charge on any atom is -0.493 e. The molecule has 0 aromatic heterocycles. The highest BCUT2D eigenvalue weighted by Gasteiger charge is 2.37. The summed E-state index contributed by atoms with van der Waals surface area (Å²) < 4.78 is 16.4. The van der Waals surface area contributed by atoms with Gasteiger partial charge in [-0.15, -0.1) is 0 Å². The zero-order valence-corrected chi connectivity index (χ0v) is 21.3. The molecule has 0 heterocycles. The van der Waals surface area contributed by atoms with Crippen LogP contribution in [0.1, 0.15) is 34.8 Å². The van der Waals surface area contributed by atoms with Crippen LogP contribution >= 0.6 is 0 Å². The first-order chi connectivity index (χ1) is 17.0. The summed E-state index contributed by atoms with van der Waals surface area (Å²) in [6, 6.07) is 11.6. The molecule has 0 fully saturated rings. The predicted octanol–water partition coefficient (Wildman–Crippen LogP) is 3.53. The third kappa shape index (κ3) is 7.22. The zero-order valence-electron chi connectivity index (χ0n) is 21.3. The summed E-state index contributed by atoms with van der Waals surface area (Å²) in [5.41, 5.74) is 1.41. The normalized spacial score (nSPS) is 12.3. The number of nitrogens with zero attached hydrogens (tertiary/aromatic N) is 1. The summed E-state index contributed by atoms with van der Waals surface area (Å²) in [6.07, 6.45) is 2.33. The highest BCUT2D eigenvalue weighted by atomic mass is 16.5. The van der Waals surface area contributed by atoms with Crippen molar-refractivity contribution in [2.75, 3.05) is 35.4 Å². The van der Waals surface area contributed by atoms with E-state index in [1.807, 2.05) is 32.3 Å². The van der Waals surface area contributed by atoms with E-state index in [9.17, 15) is 19.5 Å². The molecule has 0 amide bonds. The smallest absolute Gasteiger partial charge is 0.336 e. The maximum atomic E-state index is 12.1. The molecule has 0 saturated carbocycles. The van der Waals surface area contributed by atoms with Crippen molar-refractivity contribution in [2.45, 2.75) is 25.3 Å². The fraction of sp³-hybridized carbons (Fsp3) is 0.346. The topological polar surface area (TPSA) is 143 Å². The Morgan fingerprint density at radius 2 is 1.42 bits per heavy atom. The van der Waals surface area contributed by atoms with E-state index in [1.54, 1.807) is 0 Å². The molecule has 0 saturated heterocycles. The Bertz CT molecular complexity index is 1060. The fourth-order valence-corrected chi connectivity index (χ4v) is 3.93. The van der Waals surface area contributed by atoms with Crippen LogP contribution in [-0.4, -0.2) is 73.6 Å². The van der Waals surface area contributed by atoms with E-state index in [2.05, 4.69) is 24.0 Å². The second kappa shape index (κ2) is 13.7. The van der Waals surface area contributed by atoms with Crippen LogP contribution in [0.4, 0.5) is 0 Å². The Morgan fingerprint density at radius 3 is 1.78 bits per heavy atom. The standard InChI is InChI=1S/C22H29NO5.C4H4O4/c1-7-22(23(2)3,15-11-9-8-10-12-15)14-17-16(21(24)25)13-18(26-4)20(28-6)19(17)27-5;5-3(6)1-2-4(7)8/h8-13H,7,14H2,1-6H3,(H,24,25);1-2H,(H,5,6)(H,7,8)/b;2-1-. The van der Waals surface area contributed by atoms with E-state index < -0.39 is 23.4 Å². The van der Waals surface area contributed by atoms with Crippen molar-refractivity contribution in [2.24, 2.45) is 0 Å². The molecule has 0 aliphatic carbocycles. The molecule has 0 radical (unpaired) electrons. The predicted molar refractivity (Wildman–Crippen MR) is 133 cm³/mol. The average Bonchev–Trinajstić information content (AvgIpc) is 2.85. The number of hydrogen-bond donors (Lipinski definition) is 3. The molecule has 2 rings (SSSR count). The third-order valence-electron chi connectivity index (χ3n) is 5.75. The van der Waals surface area contributed by atoms with Crippen LogP contribution in [0.5, 0.6) is 17.2 Å². The lowest BCUT2D eigenvalue weighted by Gasteiger charge is -2.41. The first-order valence-electron chi connectivity index (χ1n) is 10.9. The van der Waals surface area contributed by atoms with Gasteiger partial charge in [-0.3, -0.25) is 4.90 Å². The summed E-state index contributed by atoms with van der Waals surface area (Å²) in [4.78, 5) is 33.3. The van der Waals surface area contributed by atoms with Crippen molar-refractivity contribution in [1.82, 2.24) is 4.90 Å². The average molecular weight is 504 g/mol. The zero-order chi connectivity index (χ0) is 27.5. The molecule has 3 N–H and O–H groups in total. The van der Waals surface area contributed by atoms with Crippen LogP contribution in [0.25, 0.3) is 0 Å². The molecule has 0 aliphatic rings. The van der Waals surface area contributed by atoms with E-state index in [0.29, 0.717) is 41.4 Å². The van der Waals surface area contributed by atoms with Gasteiger partial charge in [0.1, 0.15) is 0 Å². The molecular weight excluding hydrogens is 470 g/mol. The maximum Gasteiger partial charge on any atom is 0.336 e. The Labute approximate surface area is 210 Å².